The number of pyridine rings is 1. The number of benzene rings is 6. The standard InChI is InChI=1S/C35H26FN2O.C19H26NSi.Ir/c1-35(2,3)23-16-19-30(28(20-23)22-10-5-4-6-11-22)38-31-15-8-7-14-29(31)37-34(38)27-13-9-12-26-25-18-17-24(36)21-32(25)39-33(26)27;1-14(2)11-17-12-18(16-9-7-15(3)8-10-16)20-13-19(17)21(4,5)6;/h4-12,14-21H,1-3H3;7-9,12-14H,11H2,1-6H3;/q2*-1;/i;3D3,7D,8D,11D2;. The van der Waals surface area contributed by atoms with Gasteiger partial charge in [-0.3, -0.25) is 4.98 Å². The van der Waals surface area contributed by atoms with Gasteiger partial charge >= 0.3 is 0 Å². The molecule has 0 saturated carbocycles. The summed E-state index contributed by atoms with van der Waals surface area (Å²) in [4.78, 5) is 9.55. The quantitative estimate of drug-likeness (QED) is 0.118. The molecule has 311 valence electrons. The Labute approximate surface area is 384 Å². The number of hydrogen-bond donors (Lipinski definition) is 0. The van der Waals surface area contributed by atoms with Gasteiger partial charge in [-0.25, -0.2) is 4.39 Å². The van der Waals surface area contributed by atoms with E-state index in [4.69, 9.17) is 19.0 Å². The molecule has 9 rings (SSSR count). The van der Waals surface area contributed by atoms with Crippen molar-refractivity contribution < 1.29 is 38.5 Å². The van der Waals surface area contributed by atoms with Crippen LogP contribution in [0, 0.1) is 30.7 Å². The molecule has 0 unspecified atom stereocenters. The molecule has 0 N–H and O–H groups in total. The average Bonchev–Trinajstić information content (AvgIpc) is 3.83. The van der Waals surface area contributed by atoms with Crippen LogP contribution in [-0.2, 0) is 31.9 Å². The van der Waals surface area contributed by atoms with Gasteiger partial charge in [0.1, 0.15) is 11.4 Å². The zero-order valence-corrected chi connectivity index (χ0v) is 39.0. The van der Waals surface area contributed by atoms with Crippen molar-refractivity contribution in [3.63, 3.8) is 0 Å². The van der Waals surface area contributed by atoms with E-state index in [9.17, 15) is 4.39 Å². The fourth-order valence-electron chi connectivity index (χ4n) is 7.48. The van der Waals surface area contributed by atoms with E-state index in [1.54, 1.807) is 18.3 Å². The van der Waals surface area contributed by atoms with Crippen LogP contribution in [0.1, 0.15) is 60.9 Å². The second-order valence-corrected chi connectivity index (χ2v) is 22.5. The van der Waals surface area contributed by atoms with E-state index in [-0.39, 0.29) is 54.9 Å². The molecule has 6 aromatic carbocycles. The van der Waals surface area contributed by atoms with E-state index in [0.717, 1.165) is 55.2 Å². The minimum absolute atomic E-state index is 0. The Bertz CT molecular complexity index is 3290. The van der Waals surface area contributed by atoms with Crippen LogP contribution in [0.2, 0.25) is 19.6 Å². The molecule has 1 radical (unpaired) electrons. The SMILES string of the molecule is CC(C)(C)c1ccc(-n2c(-c3[c-]ccc4c3oc3cc(F)ccc34)nc3ccccc32)c(-c2ccccc2)c1.[2H]c1[c-]c(-c2cc(C([2H])([2H])C(C)C)c([Si](C)(C)C)cn2)cc([2H])c1C([2H])([2H])[2H].[Ir]. The normalized spacial score (nSPS) is 14.0. The van der Waals surface area contributed by atoms with Gasteiger partial charge in [-0.2, -0.15) is 0 Å². The molecule has 0 saturated heterocycles. The number of halogens is 1. The maximum absolute atomic E-state index is 14.1. The summed E-state index contributed by atoms with van der Waals surface area (Å²) < 4.78 is 78.3. The van der Waals surface area contributed by atoms with Crippen molar-refractivity contribution in [1.82, 2.24) is 14.5 Å². The van der Waals surface area contributed by atoms with Gasteiger partial charge in [-0.1, -0.05) is 132 Å². The van der Waals surface area contributed by atoms with Crippen LogP contribution in [0.15, 0.2) is 138 Å². The maximum Gasteiger partial charge on any atom is 0.126 e. The number of nitrogens with zero attached hydrogens (tertiary/aromatic N) is 3. The van der Waals surface area contributed by atoms with Crippen molar-refractivity contribution in [2.24, 2.45) is 5.92 Å². The van der Waals surface area contributed by atoms with E-state index < -0.39 is 21.3 Å². The van der Waals surface area contributed by atoms with Crippen molar-refractivity contribution in [1.29, 1.82) is 0 Å². The number of hydrogen-bond acceptors (Lipinski definition) is 3. The molecule has 0 atom stereocenters. The van der Waals surface area contributed by atoms with Crippen LogP contribution in [0.25, 0.3) is 72.4 Å². The summed E-state index contributed by atoms with van der Waals surface area (Å²) in [6.07, 6.45) is 0.120. The zero-order valence-electron chi connectivity index (χ0n) is 42.6. The van der Waals surface area contributed by atoms with Gasteiger partial charge in [0.05, 0.1) is 30.5 Å². The first-order valence-corrected chi connectivity index (χ1v) is 23.7. The number of imidazole rings is 1. The summed E-state index contributed by atoms with van der Waals surface area (Å²) in [5.74, 6) is 0.144. The Morgan fingerprint density at radius 1 is 0.902 bits per heavy atom. The second kappa shape index (κ2) is 17.5. The minimum Gasteiger partial charge on any atom is -0.500 e. The fraction of sp³-hybridized carbons (Fsp3) is 0.222. The van der Waals surface area contributed by atoms with Gasteiger partial charge in [0.2, 0.25) is 0 Å². The first kappa shape index (κ1) is 35.2. The summed E-state index contributed by atoms with van der Waals surface area (Å²) in [6.45, 7) is 14.2. The Kier molecular flexibility index (Phi) is 10.1. The third kappa shape index (κ3) is 9.11. The third-order valence-electron chi connectivity index (χ3n) is 10.5. The number of furan rings is 1. The Hall–Kier alpha value is -5.46. The molecule has 0 amide bonds. The summed E-state index contributed by atoms with van der Waals surface area (Å²) in [6, 6.07) is 42.3. The van der Waals surface area contributed by atoms with Crippen LogP contribution in [0.5, 0.6) is 0 Å². The molecular weight excluding hydrogens is 946 g/mol. The molecule has 7 heteroatoms. The van der Waals surface area contributed by atoms with Crippen LogP contribution in [-0.4, -0.2) is 22.6 Å². The molecule has 61 heavy (non-hydrogen) atoms. The number of rotatable bonds is 7. The average molecular weight is 1010 g/mol. The molecule has 0 fully saturated rings. The van der Waals surface area contributed by atoms with Crippen LogP contribution < -0.4 is 5.19 Å². The summed E-state index contributed by atoms with van der Waals surface area (Å²) in [5.41, 5.74) is 9.20. The van der Waals surface area contributed by atoms with Gasteiger partial charge in [0.15, 0.2) is 0 Å². The summed E-state index contributed by atoms with van der Waals surface area (Å²) >= 11 is 0. The Morgan fingerprint density at radius 3 is 2.39 bits per heavy atom. The molecule has 9 aromatic rings. The van der Waals surface area contributed by atoms with Gasteiger partial charge in [-0.15, -0.1) is 53.5 Å². The van der Waals surface area contributed by atoms with E-state index in [1.807, 2.05) is 50.2 Å². The van der Waals surface area contributed by atoms with Gasteiger partial charge in [0.25, 0.3) is 0 Å². The van der Waals surface area contributed by atoms with E-state index in [1.165, 1.54) is 23.8 Å². The van der Waals surface area contributed by atoms with Crippen molar-refractivity contribution in [3.05, 3.63) is 168 Å². The first-order chi connectivity index (χ1) is 31.4. The Morgan fingerprint density at radius 2 is 1.67 bits per heavy atom. The van der Waals surface area contributed by atoms with Crippen molar-refractivity contribution in [2.45, 2.75) is 72.9 Å². The number of fused-ring (bicyclic) bond motifs is 4. The predicted octanol–water partition coefficient (Wildman–Crippen LogP) is 14.1. The van der Waals surface area contributed by atoms with E-state index >= 15 is 0 Å². The molecular formula is C54H52FIrN3OSi-2. The molecule has 0 bridgehead atoms. The van der Waals surface area contributed by atoms with E-state index in [2.05, 4.69) is 111 Å². The van der Waals surface area contributed by atoms with Crippen LogP contribution >= 0.6 is 0 Å². The minimum atomic E-state index is -2.56. The van der Waals surface area contributed by atoms with E-state index in [0.29, 0.717) is 28.0 Å². The smallest absolute Gasteiger partial charge is 0.126 e. The molecule has 0 aliphatic rings. The molecule has 4 nitrogen and oxygen atoms in total. The van der Waals surface area contributed by atoms with Gasteiger partial charge in [-0.05, 0) is 76.1 Å². The summed E-state index contributed by atoms with van der Waals surface area (Å²) in [5, 5.41) is 2.69. The molecule has 3 aromatic heterocycles. The molecule has 3 heterocycles. The first-order valence-electron chi connectivity index (χ1n) is 23.7. The van der Waals surface area contributed by atoms with Gasteiger partial charge in [0, 0.05) is 58.6 Å². The summed E-state index contributed by atoms with van der Waals surface area (Å²) in [7, 11) is -1.87. The number of aromatic nitrogens is 3. The molecule has 0 aliphatic heterocycles. The topological polar surface area (TPSA) is 43.9 Å². The second-order valence-electron chi connectivity index (χ2n) is 17.4. The molecule has 0 aliphatic carbocycles. The monoisotopic (exact) mass is 1010 g/mol. The van der Waals surface area contributed by atoms with Crippen molar-refractivity contribution in [3.8, 4) is 39.5 Å². The predicted molar refractivity (Wildman–Crippen MR) is 251 cm³/mol. The van der Waals surface area contributed by atoms with Crippen LogP contribution in [0.4, 0.5) is 4.39 Å². The zero-order chi connectivity index (χ0) is 48.4. The van der Waals surface area contributed by atoms with Crippen molar-refractivity contribution in [2.75, 3.05) is 0 Å². The third-order valence-corrected chi connectivity index (χ3v) is 12.5. The van der Waals surface area contributed by atoms with Gasteiger partial charge < -0.3 is 14.0 Å². The largest absolute Gasteiger partial charge is 0.500 e. The molecule has 0 spiro atoms. The maximum atomic E-state index is 14.1. The van der Waals surface area contributed by atoms with Crippen molar-refractivity contribution >= 4 is 46.2 Å². The fourth-order valence-corrected chi connectivity index (χ4v) is 8.88. The number of para-hydroxylation sites is 2. The Balaban J connectivity index is 0.000000211. The van der Waals surface area contributed by atoms with Crippen LogP contribution in [0.3, 0.4) is 0 Å².